The van der Waals surface area contributed by atoms with E-state index in [9.17, 15) is 23.1 Å². The smallest absolute Gasteiger partial charge is 0.337 e. The second-order valence-electron chi connectivity index (χ2n) is 7.10. The van der Waals surface area contributed by atoms with Gasteiger partial charge in [-0.2, -0.15) is 0 Å². The van der Waals surface area contributed by atoms with Crippen LogP contribution in [0.4, 0.5) is 11.4 Å². The van der Waals surface area contributed by atoms with Gasteiger partial charge >= 0.3 is 5.97 Å². The molecule has 172 valence electrons. The summed E-state index contributed by atoms with van der Waals surface area (Å²) in [4.78, 5) is 24.1. The lowest BCUT2D eigenvalue weighted by molar-refractivity contribution is 0.0698. The first kappa shape index (κ1) is 24.3. The number of sulfonamides is 1. The third kappa shape index (κ3) is 5.18. The Morgan fingerprint density at radius 2 is 1.70 bits per heavy atom. The average molecular weight is 533 g/mol. The molecular weight excluding hydrogens is 512 g/mol. The minimum absolute atomic E-state index is 0.00614. The molecule has 0 saturated carbocycles. The normalized spacial score (nSPS) is 11.0. The third-order valence-electron chi connectivity index (χ3n) is 4.98. The van der Waals surface area contributed by atoms with E-state index in [1.165, 1.54) is 50.6 Å². The highest BCUT2D eigenvalue weighted by atomic mass is 79.9. The second-order valence-corrected chi connectivity index (χ2v) is 9.98. The Morgan fingerprint density at radius 1 is 1.03 bits per heavy atom. The number of carbonyl (C=O) groups is 2. The number of amides is 1. The number of hydrogen-bond acceptors (Lipinski definition) is 5. The van der Waals surface area contributed by atoms with Crippen molar-refractivity contribution in [2.45, 2.75) is 11.8 Å². The quantitative estimate of drug-likeness (QED) is 0.461. The van der Waals surface area contributed by atoms with E-state index in [4.69, 9.17) is 4.74 Å². The van der Waals surface area contributed by atoms with Gasteiger partial charge in [-0.1, -0.05) is 15.9 Å². The van der Waals surface area contributed by atoms with Gasteiger partial charge in [0.25, 0.3) is 15.9 Å². The molecule has 0 fully saturated rings. The molecule has 1 amide bonds. The van der Waals surface area contributed by atoms with Gasteiger partial charge in [-0.05, 0) is 73.2 Å². The fraction of sp³-hybridized carbons (Fsp3) is 0.130. The van der Waals surface area contributed by atoms with Crippen molar-refractivity contribution in [1.29, 1.82) is 0 Å². The summed E-state index contributed by atoms with van der Waals surface area (Å²) in [5.74, 6) is -1.14. The fourth-order valence-corrected chi connectivity index (χ4v) is 4.79. The Kier molecular flexibility index (Phi) is 7.09. The average Bonchev–Trinajstić information content (AvgIpc) is 2.79. The number of ether oxygens (including phenoxy) is 1. The summed E-state index contributed by atoms with van der Waals surface area (Å²) in [7, 11) is -0.897. The molecule has 10 heteroatoms. The van der Waals surface area contributed by atoms with E-state index in [-0.39, 0.29) is 21.7 Å². The van der Waals surface area contributed by atoms with Gasteiger partial charge in [0.15, 0.2) is 0 Å². The molecule has 0 saturated heterocycles. The van der Waals surface area contributed by atoms with Gasteiger partial charge in [0.2, 0.25) is 0 Å². The lowest BCUT2D eigenvalue weighted by Crippen LogP contribution is -2.27. The number of aryl methyl sites for hydroxylation is 1. The van der Waals surface area contributed by atoms with Crippen molar-refractivity contribution in [3.05, 3.63) is 81.8 Å². The first-order valence-corrected chi connectivity index (χ1v) is 11.9. The molecular formula is C23H21BrN2O6S. The first-order chi connectivity index (χ1) is 15.5. The molecule has 33 heavy (non-hydrogen) atoms. The number of hydrogen-bond donors (Lipinski definition) is 2. The van der Waals surface area contributed by atoms with E-state index in [0.29, 0.717) is 15.9 Å². The number of anilines is 2. The summed E-state index contributed by atoms with van der Waals surface area (Å²) < 4.78 is 33.1. The number of nitrogens with zero attached hydrogens (tertiary/aromatic N) is 1. The molecule has 0 aliphatic rings. The minimum atomic E-state index is -3.88. The van der Waals surface area contributed by atoms with Gasteiger partial charge < -0.3 is 15.2 Å². The van der Waals surface area contributed by atoms with E-state index in [2.05, 4.69) is 21.2 Å². The van der Waals surface area contributed by atoms with Crippen LogP contribution in [0.2, 0.25) is 0 Å². The highest BCUT2D eigenvalue weighted by Gasteiger charge is 2.23. The molecule has 0 unspecified atom stereocenters. The van der Waals surface area contributed by atoms with Crippen LogP contribution in [0.5, 0.6) is 5.75 Å². The molecule has 0 bridgehead atoms. The van der Waals surface area contributed by atoms with Gasteiger partial charge in [0.05, 0.1) is 28.9 Å². The summed E-state index contributed by atoms with van der Waals surface area (Å²) in [6.45, 7) is 1.78. The van der Waals surface area contributed by atoms with Crippen molar-refractivity contribution in [2.24, 2.45) is 0 Å². The van der Waals surface area contributed by atoms with Crippen LogP contribution in [0.25, 0.3) is 0 Å². The van der Waals surface area contributed by atoms with Crippen molar-refractivity contribution in [2.75, 3.05) is 23.8 Å². The molecule has 0 atom stereocenters. The van der Waals surface area contributed by atoms with Crippen LogP contribution in [0.1, 0.15) is 26.3 Å². The number of aromatic carboxylic acids is 1. The number of rotatable bonds is 7. The summed E-state index contributed by atoms with van der Waals surface area (Å²) in [6, 6.07) is 14.9. The van der Waals surface area contributed by atoms with E-state index < -0.39 is 21.9 Å². The van der Waals surface area contributed by atoms with E-state index in [1.54, 1.807) is 31.2 Å². The zero-order chi connectivity index (χ0) is 24.3. The molecule has 0 aromatic heterocycles. The summed E-state index contributed by atoms with van der Waals surface area (Å²) in [5.41, 5.74) is 1.45. The Bertz CT molecular complexity index is 1320. The minimum Gasteiger partial charge on any atom is -0.497 e. The number of benzene rings is 3. The van der Waals surface area contributed by atoms with Crippen molar-refractivity contribution >= 4 is 49.2 Å². The molecule has 0 radical (unpaired) electrons. The number of carboxylic acids is 1. The van der Waals surface area contributed by atoms with Crippen LogP contribution in [0.15, 0.2) is 70.0 Å². The maximum Gasteiger partial charge on any atom is 0.337 e. The van der Waals surface area contributed by atoms with Crippen LogP contribution in [0, 0.1) is 6.92 Å². The highest BCUT2D eigenvalue weighted by Crippen LogP contribution is 2.28. The lowest BCUT2D eigenvalue weighted by atomic mass is 10.1. The molecule has 3 aromatic rings. The van der Waals surface area contributed by atoms with Crippen LogP contribution < -0.4 is 14.4 Å². The van der Waals surface area contributed by atoms with E-state index in [0.717, 1.165) is 9.87 Å². The van der Waals surface area contributed by atoms with Crippen LogP contribution >= 0.6 is 15.9 Å². The van der Waals surface area contributed by atoms with Crippen molar-refractivity contribution in [3.8, 4) is 5.75 Å². The van der Waals surface area contributed by atoms with Crippen LogP contribution in [-0.4, -0.2) is 39.6 Å². The molecule has 3 rings (SSSR count). The Morgan fingerprint density at radius 3 is 2.27 bits per heavy atom. The number of methoxy groups -OCH3 is 1. The SMILES string of the molecule is COc1ccc(N(C)S(=O)(=O)c2ccc(C(=O)Nc3ccc(Br)cc3C(=O)O)cc2)c(C)c1. The molecule has 3 aromatic carbocycles. The molecule has 8 nitrogen and oxygen atoms in total. The van der Waals surface area contributed by atoms with Gasteiger partial charge in [-0.3, -0.25) is 9.10 Å². The molecule has 2 N–H and O–H groups in total. The van der Waals surface area contributed by atoms with Gasteiger partial charge in [0, 0.05) is 17.1 Å². The molecule has 0 spiro atoms. The lowest BCUT2D eigenvalue weighted by Gasteiger charge is -2.22. The monoisotopic (exact) mass is 532 g/mol. The first-order valence-electron chi connectivity index (χ1n) is 9.62. The number of halogens is 1. The number of nitrogens with one attached hydrogen (secondary N) is 1. The number of carbonyl (C=O) groups excluding carboxylic acids is 1. The van der Waals surface area contributed by atoms with Crippen molar-refractivity contribution in [1.82, 2.24) is 0 Å². The van der Waals surface area contributed by atoms with Crippen LogP contribution in [-0.2, 0) is 10.0 Å². The van der Waals surface area contributed by atoms with Gasteiger partial charge in [-0.25, -0.2) is 13.2 Å². The second kappa shape index (κ2) is 9.63. The summed E-state index contributed by atoms with van der Waals surface area (Å²) in [6.07, 6.45) is 0. The molecule has 0 heterocycles. The maximum absolute atomic E-state index is 13.1. The zero-order valence-corrected chi connectivity index (χ0v) is 20.4. The number of carboxylic acid groups (broad SMARTS) is 1. The standard InChI is InChI=1S/C23H21BrN2O6S/c1-14-12-17(32-3)7-11-21(14)26(2)33(30,31)18-8-4-15(5-9-18)22(27)25-20-10-6-16(24)13-19(20)23(28)29/h4-13H,1-3H3,(H,25,27)(H,28,29). The zero-order valence-electron chi connectivity index (χ0n) is 18.0. The van der Waals surface area contributed by atoms with Gasteiger partial charge in [-0.15, -0.1) is 0 Å². The Balaban J connectivity index is 1.83. The predicted octanol–water partition coefficient (Wildman–Crippen LogP) is 4.54. The topological polar surface area (TPSA) is 113 Å². The van der Waals surface area contributed by atoms with Crippen molar-refractivity contribution < 1.29 is 27.9 Å². The maximum atomic E-state index is 13.1. The predicted molar refractivity (Wildman–Crippen MR) is 129 cm³/mol. The Hall–Kier alpha value is -3.37. The fourth-order valence-electron chi connectivity index (χ4n) is 3.17. The third-order valence-corrected chi connectivity index (χ3v) is 7.26. The van der Waals surface area contributed by atoms with E-state index >= 15 is 0 Å². The van der Waals surface area contributed by atoms with Crippen molar-refractivity contribution in [3.63, 3.8) is 0 Å². The van der Waals surface area contributed by atoms with E-state index in [1.807, 2.05) is 0 Å². The highest BCUT2D eigenvalue weighted by molar-refractivity contribution is 9.10. The molecule has 0 aliphatic heterocycles. The largest absolute Gasteiger partial charge is 0.497 e. The Labute approximate surface area is 200 Å². The van der Waals surface area contributed by atoms with Crippen LogP contribution in [0.3, 0.4) is 0 Å². The summed E-state index contributed by atoms with van der Waals surface area (Å²) >= 11 is 3.20. The molecule has 0 aliphatic carbocycles. The van der Waals surface area contributed by atoms with Gasteiger partial charge in [0.1, 0.15) is 5.75 Å². The summed E-state index contributed by atoms with van der Waals surface area (Å²) in [5, 5.41) is 11.9.